The SMILES string of the molecule is CSCCC(C)NCc1cc(Br)c2c(c1)OCCO2. The van der Waals surface area contributed by atoms with Gasteiger partial charge in [0.05, 0.1) is 4.47 Å². The predicted octanol–water partition coefficient (Wildman–Crippen LogP) is 3.45. The van der Waals surface area contributed by atoms with Gasteiger partial charge in [0.25, 0.3) is 0 Å². The van der Waals surface area contributed by atoms with Crippen LogP contribution in [0.15, 0.2) is 16.6 Å². The van der Waals surface area contributed by atoms with Gasteiger partial charge in [-0.1, -0.05) is 0 Å². The van der Waals surface area contributed by atoms with E-state index in [1.165, 1.54) is 17.7 Å². The Labute approximate surface area is 127 Å². The van der Waals surface area contributed by atoms with Crippen molar-refractivity contribution >= 4 is 27.7 Å². The van der Waals surface area contributed by atoms with Crippen molar-refractivity contribution in [2.75, 3.05) is 25.2 Å². The summed E-state index contributed by atoms with van der Waals surface area (Å²) in [5.74, 6) is 2.86. The summed E-state index contributed by atoms with van der Waals surface area (Å²) in [6.07, 6.45) is 3.33. The fraction of sp³-hybridized carbons (Fsp3) is 0.571. The topological polar surface area (TPSA) is 30.5 Å². The van der Waals surface area contributed by atoms with Crippen LogP contribution >= 0.6 is 27.7 Å². The van der Waals surface area contributed by atoms with Gasteiger partial charge in [-0.25, -0.2) is 0 Å². The molecule has 106 valence electrons. The molecule has 19 heavy (non-hydrogen) atoms. The summed E-state index contributed by atoms with van der Waals surface area (Å²) in [6, 6.07) is 4.69. The Morgan fingerprint density at radius 3 is 2.95 bits per heavy atom. The number of nitrogens with one attached hydrogen (secondary N) is 1. The van der Waals surface area contributed by atoms with Crippen LogP contribution in [0.3, 0.4) is 0 Å². The molecule has 0 spiro atoms. The van der Waals surface area contributed by atoms with E-state index in [0.717, 1.165) is 22.5 Å². The highest BCUT2D eigenvalue weighted by Gasteiger charge is 2.16. The summed E-state index contributed by atoms with van der Waals surface area (Å²) in [4.78, 5) is 0. The Hall–Kier alpha value is -0.390. The third-order valence-electron chi connectivity index (χ3n) is 3.07. The van der Waals surface area contributed by atoms with E-state index in [4.69, 9.17) is 9.47 Å². The van der Waals surface area contributed by atoms with Gasteiger partial charge < -0.3 is 14.8 Å². The van der Waals surface area contributed by atoms with Crippen LogP contribution in [0.1, 0.15) is 18.9 Å². The lowest BCUT2D eigenvalue weighted by atomic mass is 10.1. The van der Waals surface area contributed by atoms with Crippen LogP contribution in [0, 0.1) is 0 Å². The zero-order valence-corrected chi connectivity index (χ0v) is 13.8. The third-order valence-corrected chi connectivity index (χ3v) is 4.30. The van der Waals surface area contributed by atoms with E-state index in [0.29, 0.717) is 19.3 Å². The van der Waals surface area contributed by atoms with Crippen molar-refractivity contribution in [2.45, 2.75) is 25.9 Å². The number of ether oxygens (including phenoxy) is 2. The van der Waals surface area contributed by atoms with Crippen LogP contribution in [0.2, 0.25) is 0 Å². The summed E-state index contributed by atoms with van der Waals surface area (Å²) in [5, 5.41) is 3.54. The lowest BCUT2D eigenvalue weighted by molar-refractivity contribution is 0.170. The largest absolute Gasteiger partial charge is 0.486 e. The van der Waals surface area contributed by atoms with Gasteiger partial charge in [-0.15, -0.1) is 0 Å². The van der Waals surface area contributed by atoms with Crippen molar-refractivity contribution in [1.82, 2.24) is 5.32 Å². The molecule has 3 nitrogen and oxygen atoms in total. The number of hydrogen-bond acceptors (Lipinski definition) is 4. The molecule has 0 aromatic heterocycles. The van der Waals surface area contributed by atoms with E-state index in [1.807, 2.05) is 11.8 Å². The predicted molar refractivity (Wildman–Crippen MR) is 84.4 cm³/mol. The van der Waals surface area contributed by atoms with Crippen molar-refractivity contribution in [2.24, 2.45) is 0 Å². The minimum atomic E-state index is 0.527. The highest BCUT2D eigenvalue weighted by atomic mass is 79.9. The molecule has 1 aromatic carbocycles. The van der Waals surface area contributed by atoms with Crippen molar-refractivity contribution in [1.29, 1.82) is 0 Å². The normalized spacial score (nSPS) is 15.3. The Kier molecular flexibility index (Phi) is 5.85. The monoisotopic (exact) mass is 345 g/mol. The first-order valence-corrected chi connectivity index (χ1v) is 8.69. The molecule has 1 heterocycles. The van der Waals surface area contributed by atoms with Crippen molar-refractivity contribution in [3.8, 4) is 11.5 Å². The molecule has 0 bridgehead atoms. The highest BCUT2D eigenvalue weighted by molar-refractivity contribution is 9.10. The van der Waals surface area contributed by atoms with Gasteiger partial charge in [-0.2, -0.15) is 11.8 Å². The van der Waals surface area contributed by atoms with Gasteiger partial charge in [-0.05, 0) is 59.0 Å². The third kappa shape index (κ3) is 4.29. The molecule has 1 aliphatic heterocycles. The molecule has 1 aliphatic rings. The van der Waals surface area contributed by atoms with Gasteiger partial charge in [0.1, 0.15) is 13.2 Å². The molecule has 0 saturated carbocycles. The first kappa shape index (κ1) is 15.0. The van der Waals surface area contributed by atoms with E-state index >= 15 is 0 Å². The molecule has 0 fully saturated rings. The fourth-order valence-corrected chi connectivity index (χ4v) is 3.15. The summed E-state index contributed by atoms with van der Waals surface area (Å²) in [7, 11) is 0. The van der Waals surface area contributed by atoms with Crippen molar-refractivity contribution in [3.63, 3.8) is 0 Å². The van der Waals surface area contributed by atoms with Crippen LogP contribution < -0.4 is 14.8 Å². The molecular weight excluding hydrogens is 326 g/mol. The van der Waals surface area contributed by atoms with Gasteiger partial charge in [0.2, 0.25) is 0 Å². The molecule has 1 N–H and O–H groups in total. The average Bonchev–Trinajstić information content (AvgIpc) is 2.43. The number of halogens is 1. The summed E-state index contributed by atoms with van der Waals surface area (Å²) in [6.45, 7) is 4.32. The Morgan fingerprint density at radius 2 is 2.16 bits per heavy atom. The average molecular weight is 346 g/mol. The first-order valence-electron chi connectivity index (χ1n) is 6.51. The lowest BCUT2D eigenvalue weighted by Crippen LogP contribution is -2.26. The van der Waals surface area contributed by atoms with Crippen LogP contribution in [0.4, 0.5) is 0 Å². The molecule has 0 amide bonds. The maximum absolute atomic E-state index is 5.63. The Morgan fingerprint density at radius 1 is 1.37 bits per heavy atom. The molecule has 0 saturated heterocycles. The second-order valence-corrected chi connectivity index (χ2v) is 6.51. The van der Waals surface area contributed by atoms with E-state index < -0.39 is 0 Å². The van der Waals surface area contributed by atoms with Crippen LogP contribution in [0.25, 0.3) is 0 Å². The number of benzene rings is 1. The first-order chi connectivity index (χ1) is 9.20. The maximum Gasteiger partial charge on any atom is 0.175 e. The van der Waals surface area contributed by atoms with Crippen LogP contribution in [-0.4, -0.2) is 31.3 Å². The number of fused-ring (bicyclic) bond motifs is 1. The van der Waals surface area contributed by atoms with Gasteiger partial charge >= 0.3 is 0 Å². The zero-order chi connectivity index (χ0) is 13.7. The maximum atomic E-state index is 5.63. The van der Waals surface area contributed by atoms with E-state index in [9.17, 15) is 0 Å². The highest BCUT2D eigenvalue weighted by Crippen LogP contribution is 2.38. The smallest absolute Gasteiger partial charge is 0.175 e. The molecule has 1 unspecified atom stereocenters. The van der Waals surface area contributed by atoms with Crippen LogP contribution in [-0.2, 0) is 6.54 Å². The van der Waals surface area contributed by atoms with E-state index in [-0.39, 0.29) is 0 Å². The molecule has 0 aliphatic carbocycles. The second kappa shape index (κ2) is 7.41. The van der Waals surface area contributed by atoms with Crippen LogP contribution in [0.5, 0.6) is 11.5 Å². The molecular formula is C14H20BrNO2S. The number of thioether (sulfide) groups is 1. The Balaban J connectivity index is 1.95. The molecule has 1 atom stereocenters. The number of rotatable bonds is 6. The fourth-order valence-electron chi connectivity index (χ4n) is 1.96. The van der Waals surface area contributed by atoms with Gasteiger partial charge in [0, 0.05) is 12.6 Å². The van der Waals surface area contributed by atoms with Crippen molar-refractivity contribution < 1.29 is 9.47 Å². The van der Waals surface area contributed by atoms with Gasteiger partial charge in [-0.3, -0.25) is 0 Å². The summed E-state index contributed by atoms with van der Waals surface area (Å²) >= 11 is 5.43. The Bertz CT molecular complexity index is 428. The van der Waals surface area contributed by atoms with E-state index in [2.05, 4.69) is 46.6 Å². The molecule has 5 heteroatoms. The summed E-state index contributed by atoms with van der Waals surface area (Å²) in [5.41, 5.74) is 1.21. The molecule has 1 aromatic rings. The summed E-state index contributed by atoms with van der Waals surface area (Å²) < 4.78 is 12.2. The molecule has 2 rings (SSSR count). The minimum absolute atomic E-state index is 0.527. The number of hydrogen-bond donors (Lipinski definition) is 1. The van der Waals surface area contributed by atoms with E-state index in [1.54, 1.807) is 0 Å². The zero-order valence-electron chi connectivity index (χ0n) is 11.4. The second-order valence-electron chi connectivity index (χ2n) is 4.67. The standard InChI is InChI=1S/C14H20BrNO2S/c1-10(3-6-19-2)16-9-11-7-12(15)14-13(8-11)17-4-5-18-14/h7-8,10,16H,3-6,9H2,1-2H3. The van der Waals surface area contributed by atoms with Crippen molar-refractivity contribution in [3.05, 3.63) is 22.2 Å². The lowest BCUT2D eigenvalue weighted by Gasteiger charge is -2.21. The molecule has 0 radical (unpaired) electrons. The van der Waals surface area contributed by atoms with Gasteiger partial charge in [0.15, 0.2) is 11.5 Å². The minimum Gasteiger partial charge on any atom is -0.486 e. The quantitative estimate of drug-likeness (QED) is 0.855.